The van der Waals surface area contributed by atoms with E-state index in [2.05, 4.69) is 18.7 Å². The maximum Gasteiger partial charge on any atom is 0.236 e. The monoisotopic (exact) mass is 398 g/mol. The summed E-state index contributed by atoms with van der Waals surface area (Å²) in [4.78, 5) is 30.3. The molecule has 6 nitrogen and oxygen atoms in total. The average Bonchev–Trinajstić information content (AvgIpc) is 2.59. The highest BCUT2D eigenvalue weighted by atomic mass is 35.5. The van der Waals surface area contributed by atoms with Crippen LogP contribution in [0.1, 0.15) is 46.0 Å². The Morgan fingerprint density at radius 1 is 0.840 bits per heavy atom. The molecule has 0 atom stereocenters. The molecule has 1 rings (SSSR count). The predicted octanol–water partition coefficient (Wildman–Crippen LogP) is 1.75. The molecule has 8 heteroatoms. The van der Waals surface area contributed by atoms with Crippen LogP contribution in [-0.2, 0) is 9.59 Å². The molecule has 25 heavy (non-hydrogen) atoms. The first-order valence-corrected chi connectivity index (χ1v) is 9.10. The lowest BCUT2D eigenvalue weighted by atomic mass is 10.1. The van der Waals surface area contributed by atoms with Gasteiger partial charge in [0.2, 0.25) is 11.8 Å². The Labute approximate surface area is 165 Å². The van der Waals surface area contributed by atoms with Gasteiger partial charge in [0.1, 0.15) is 0 Å². The molecule has 0 radical (unpaired) electrons. The Balaban J connectivity index is 0. The van der Waals surface area contributed by atoms with Crippen LogP contribution in [0.5, 0.6) is 0 Å². The second kappa shape index (κ2) is 15.7. The zero-order chi connectivity index (χ0) is 17.1. The van der Waals surface area contributed by atoms with Crippen molar-refractivity contribution in [1.82, 2.24) is 14.7 Å². The summed E-state index contributed by atoms with van der Waals surface area (Å²) in [5.74, 6) is 0.413. The van der Waals surface area contributed by atoms with Gasteiger partial charge in [0.25, 0.3) is 0 Å². The van der Waals surface area contributed by atoms with E-state index in [-0.39, 0.29) is 36.6 Å². The Bertz CT molecular complexity index is 361. The van der Waals surface area contributed by atoms with E-state index in [4.69, 9.17) is 5.73 Å². The van der Waals surface area contributed by atoms with Crippen molar-refractivity contribution in [2.45, 2.75) is 46.0 Å². The summed E-state index contributed by atoms with van der Waals surface area (Å²) < 4.78 is 0. The Morgan fingerprint density at radius 3 is 1.80 bits per heavy atom. The fourth-order valence-electron chi connectivity index (χ4n) is 2.88. The van der Waals surface area contributed by atoms with Gasteiger partial charge in [0, 0.05) is 32.6 Å². The molecule has 0 aromatic carbocycles. The molecule has 2 amide bonds. The van der Waals surface area contributed by atoms with E-state index in [0.29, 0.717) is 39.1 Å². The van der Waals surface area contributed by atoms with Gasteiger partial charge in [-0.05, 0) is 32.5 Å². The third-order valence-electron chi connectivity index (χ3n) is 4.58. The summed E-state index contributed by atoms with van der Waals surface area (Å²) in [5.41, 5.74) is 5.46. The van der Waals surface area contributed by atoms with Crippen LogP contribution in [0.3, 0.4) is 0 Å². The molecular formula is C17H36Cl2N4O2. The van der Waals surface area contributed by atoms with Crippen molar-refractivity contribution in [3.05, 3.63) is 0 Å². The second-order valence-electron chi connectivity index (χ2n) is 6.18. The highest BCUT2D eigenvalue weighted by molar-refractivity contribution is 5.85. The Hall–Kier alpha value is -0.560. The van der Waals surface area contributed by atoms with Crippen LogP contribution in [0.4, 0.5) is 0 Å². The number of unbranched alkanes of at least 4 members (excludes halogenated alkanes) is 3. The molecule has 150 valence electrons. The SMILES string of the molecule is CCN(CC)CC(=O)N1CCN(C(=O)CCCCCCN)CC1.Cl.Cl. The highest BCUT2D eigenvalue weighted by Crippen LogP contribution is 2.09. The van der Waals surface area contributed by atoms with E-state index in [0.717, 1.165) is 45.3 Å². The third-order valence-corrected chi connectivity index (χ3v) is 4.58. The van der Waals surface area contributed by atoms with Crippen LogP contribution in [0.15, 0.2) is 0 Å². The number of nitrogens with two attached hydrogens (primary N) is 1. The summed E-state index contributed by atoms with van der Waals surface area (Å²) in [5, 5.41) is 0. The molecule has 0 unspecified atom stereocenters. The second-order valence-corrected chi connectivity index (χ2v) is 6.18. The van der Waals surface area contributed by atoms with E-state index < -0.39 is 0 Å². The predicted molar refractivity (Wildman–Crippen MR) is 108 cm³/mol. The maximum atomic E-state index is 12.2. The van der Waals surface area contributed by atoms with Gasteiger partial charge in [0.15, 0.2) is 0 Å². The van der Waals surface area contributed by atoms with Crippen molar-refractivity contribution < 1.29 is 9.59 Å². The normalized spacial score (nSPS) is 14.1. The number of halogens is 2. The van der Waals surface area contributed by atoms with E-state index >= 15 is 0 Å². The van der Waals surface area contributed by atoms with Gasteiger partial charge in [-0.3, -0.25) is 14.5 Å². The van der Waals surface area contributed by atoms with Crippen LogP contribution >= 0.6 is 24.8 Å². The van der Waals surface area contributed by atoms with Gasteiger partial charge in [0.05, 0.1) is 6.54 Å². The summed E-state index contributed by atoms with van der Waals surface area (Å²) in [6.45, 7) is 9.83. The van der Waals surface area contributed by atoms with Gasteiger partial charge in [-0.1, -0.05) is 26.7 Å². The summed E-state index contributed by atoms with van der Waals surface area (Å²) in [6, 6.07) is 0. The van der Waals surface area contributed by atoms with Gasteiger partial charge >= 0.3 is 0 Å². The first-order chi connectivity index (χ1) is 11.1. The number of rotatable bonds is 10. The van der Waals surface area contributed by atoms with Crippen molar-refractivity contribution in [2.75, 3.05) is 52.4 Å². The zero-order valence-corrected chi connectivity index (χ0v) is 17.4. The van der Waals surface area contributed by atoms with Gasteiger partial charge in [-0.15, -0.1) is 24.8 Å². The largest absolute Gasteiger partial charge is 0.339 e. The minimum atomic E-state index is 0. The van der Waals surface area contributed by atoms with Crippen molar-refractivity contribution in [1.29, 1.82) is 0 Å². The number of nitrogens with zero attached hydrogens (tertiary/aromatic N) is 3. The van der Waals surface area contributed by atoms with Crippen LogP contribution in [0.25, 0.3) is 0 Å². The topological polar surface area (TPSA) is 69.9 Å². The standard InChI is InChI=1S/C17H34N4O2.2ClH/c1-3-19(4-2)15-17(23)21-13-11-20(12-14-21)16(22)9-7-5-6-8-10-18;;/h3-15,18H2,1-2H3;2*1H. The van der Waals surface area contributed by atoms with Crippen LogP contribution in [0.2, 0.25) is 0 Å². The van der Waals surface area contributed by atoms with Crippen molar-refractivity contribution in [3.63, 3.8) is 0 Å². The molecule has 0 aromatic heterocycles. The summed E-state index contributed by atoms with van der Waals surface area (Å²) in [6.07, 6.45) is 4.79. The first kappa shape index (κ1) is 26.7. The number of hydrogen-bond donors (Lipinski definition) is 1. The fourth-order valence-corrected chi connectivity index (χ4v) is 2.88. The molecule has 1 aliphatic heterocycles. The lowest BCUT2D eigenvalue weighted by Crippen LogP contribution is -2.52. The maximum absolute atomic E-state index is 12.2. The minimum absolute atomic E-state index is 0. The fraction of sp³-hybridized carbons (Fsp3) is 0.882. The van der Waals surface area contributed by atoms with Crippen molar-refractivity contribution in [3.8, 4) is 0 Å². The van der Waals surface area contributed by atoms with Crippen LogP contribution in [-0.4, -0.2) is 78.9 Å². The molecule has 0 spiro atoms. The molecule has 1 heterocycles. The minimum Gasteiger partial charge on any atom is -0.339 e. The zero-order valence-electron chi connectivity index (χ0n) is 15.7. The summed E-state index contributed by atoms with van der Waals surface area (Å²) >= 11 is 0. The Morgan fingerprint density at radius 2 is 1.32 bits per heavy atom. The van der Waals surface area contributed by atoms with Gasteiger partial charge < -0.3 is 15.5 Å². The van der Waals surface area contributed by atoms with E-state index in [9.17, 15) is 9.59 Å². The van der Waals surface area contributed by atoms with Crippen LogP contribution < -0.4 is 5.73 Å². The highest BCUT2D eigenvalue weighted by Gasteiger charge is 2.24. The van der Waals surface area contributed by atoms with E-state index in [1.165, 1.54) is 0 Å². The lowest BCUT2D eigenvalue weighted by molar-refractivity contribution is -0.140. The molecule has 1 saturated heterocycles. The molecule has 0 saturated carbocycles. The lowest BCUT2D eigenvalue weighted by Gasteiger charge is -2.35. The van der Waals surface area contributed by atoms with Gasteiger partial charge in [-0.2, -0.15) is 0 Å². The quantitative estimate of drug-likeness (QED) is 0.569. The van der Waals surface area contributed by atoms with E-state index in [1.807, 2.05) is 9.80 Å². The molecule has 0 bridgehead atoms. The molecule has 1 aliphatic rings. The van der Waals surface area contributed by atoms with Crippen molar-refractivity contribution in [2.24, 2.45) is 5.73 Å². The molecule has 0 aliphatic carbocycles. The molecule has 2 N–H and O–H groups in total. The Kier molecular flexibility index (Phi) is 16.7. The average molecular weight is 399 g/mol. The number of amides is 2. The molecule has 1 fully saturated rings. The number of carbonyl (C=O) groups excluding carboxylic acids is 2. The van der Waals surface area contributed by atoms with Crippen molar-refractivity contribution >= 4 is 36.6 Å². The summed E-state index contributed by atoms with van der Waals surface area (Å²) in [7, 11) is 0. The van der Waals surface area contributed by atoms with Crippen LogP contribution in [0, 0.1) is 0 Å². The van der Waals surface area contributed by atoms with E-state index in [1.54, 1.807) is 0 Å². The smallest absolute Gasteiger partial charge is 0.236 e. The number of likely N-dealkylation sites (N-methyl/N-ethyl adjacent to an activating group) is 1. The number of carbonyl (C=O) groups is 2. The third kappa shape index (κ3) is 10.2. The number of hydrogen-bond acceptors (Lipinski definition) is 4. The van der Waals surface area contributed by atoms with Gasteiger partial charge in [-0.25, -0.2) is 0 Å². The number of piperazine rings is 1. The first-order valence-electron chi connectivity index (χ1n) is 9.10. The molecule has 0 aromatic rings. The molecular weight excluding hydrogens is 363 g/mol.